The summed E-state index contributed by atoms with van der Waals surface area (Å²) in [6.45, 7) is 3.49. The number of nitrogen functional groups attached to an aromatic ring is 1. The Bertz CT molecular complexity index is 734. The summed E-state index contributed by atoms with van der Waals surface area (Å²) in [5.74, 6) is 2.65. The zero-order valence-corrected chi connectivity index (χ0v) is 12.0. The summed E-state index contributed by atoms with van der Waals surface area (Å²) in [7, 11) is 1.94. The van der Waals surface area contributed by atoms with Gasteiger partial charge in [0.15, 0.2) is 0 Å². The highest BCUT2D eigenvalue weighted by Gasteiger charge is 2.20. The van der Waals surface area contributed by atoms with Gasteiger partial charge in [0.1, 0.15) is 5.78 Å². The van der Waals surface area contributed by atoms with Crippen LogP contribution in [0, 0.1) is 19.3 Å². The van der Waals surface area contributed by atoms with Gasteiger partial charge in [-0.25, -0.2) is 0 Å². The molecule has 0 bridgehead atoms. The predicted molar refractivity (Wildman–Crippen MR) is 82.4 cm³/mol. The third-order valence-corrected chi connectivity index (χ3v) is 3.89. The van der Waals surface area contributed by atoms with Gasteiger partial charge in [0, 0.05) is 23.7 Å². The van der Waals surface area contributed by atoms with Gasteiger partial charge in [-0.3, -0.25) is 4.79 Å². The average molecular weight is 269 g/mol. The number of aryl methyl sites for hydroxylation is 1. The Hall–Kier alpha value is -2.25. The van der Waals surface area contributed by atoms with E-state index in [1.54, 1.807) is 0 Å². The van der Waals surface area contributed by atoms with Crippen molar-refractivity contribution < 1.29 is 4.79 Å². The topological polar surface area (TPSA) is 74.0 Å². The van der Waals surface area contributed by atoms with E-state index in [0.29, 0.717) is 12.1 Å². The highest BCUT2D eigenvalue weighted by Crippen LogP contribution is 2.32. The molecule has 4 nitrogen and oxygen atoms in total. The standard InChI is InChI=1S/C16H19N3O/c1-5-11-6-7-13(17)16-15(11)12(9(2)19(16)4)8-14(18)10(3)20/h1,6-7,14H,8,17-18H2,2-4H3. The number of aromatic nitrogens is 1. The van der Waals surface area contributed by atoms with E-state index in [1.807, 2.05) is 30.7 Å². The Morgan fingerprint density at radius 2 is 2.15 bits per heavy atom. The summed E-state index contributed by atoms with van der Waals surface area (Å²) in [6.07, 6.45) is 6.06. The molecule has 1 aromatic carbocycles. The number of hydrogen-bond donors (Lipinski definition) is 2. The van der Waals surface area contributed by atoms with Crippen molar-refractivity contribution in [3.8, 4) is 12.3 Å². The number of benzene rings is 1. The van der Waals surface area contributed by atoms with Gasteiger partial charge in [-0.15, -0.1) is 6.42 Å². The van der Waals surface area contributed by atoms with E-state index in [4.69, 9.17) is 17.9 Å². The number of carbonyl (C=O) groups excluding carboxylic acids is 1. The normalized spacial score (nSPS) is 12.3. The second-order valence-corrected chi connectivity index (χ2v) is 5.11. The highest BCUT2D eigenvalue weighted by atomic mass is 16.1. The van der Waals surface area contributed by atoms with Gasteiger partial charge in [-0.2, -0.15) is 0 Å². The van der Waals surface area contributed by atoms with Gasteiger partial charge in [0.05, 0.1) is 17.2 Å². The van der Waals surface area contributed by atoms with Crippen LogP contribution in [0.1, 0.15) is 23.7 Å². The van der Waals surface area contributed by atoms with Crippen molar-refractivity contribution in [2.75, 3.05) is 5.73 Å². The van der Waals surface area contributed by atoms with Crippen LogP contribution in [0.25, 0.3) is 10.9 Å². The average Bonchev–Trinajstić information content (AvgIpc) is 2.65. The Labute approximate surface area is 118 Å². The Morgan fingerprint density at radius 1 is 1.50 bits per heavy atom. The lowest BCUT2D eigenvalue weighted by Gasteiger charge is -2.09. The van der Waals surface area contributed by atoms with Crippen molar-refractivity contribution in [3.05, 3.63) is 29.0 Å². The summed E-state index contributed by atoms with van der Waals surface area (Å²) >= 11 is 0. The number of nitrogens with two attached hydrogens (primary N) is 2. The van der Waals surface area contributed by atoms with Crippen molar-refractivity contribution in [1.29, 1.82) is 0 Å². The second-order valence-electron chi connectivity index (χ2n) is 5.11. The number of fused-ring (bicyclic) bond motifs is 1. The van der Waals surface area contributed by atoms with Crippen LogP contribution < -0.4 is 11.5 Å². The predicted octanol–water partition coefficient (Wildman–Crippen LogP) is 1.51. The fraction of sp³-hybridized carbons (Fsp3) is 0.312. The van der Waals surface area contributed by atoms with Crippen LogP contribution in [-0.4, -0.2) is 16.4 Å². The smallest absolute Gasteiger partial charge is 0.146 e. The zero-order chi connectivity index (χ0) is 15.0. The minimum atomic E-state index is -0.522. The Morgan fingerprint density at radius 3 is 2.70 bits per heavy atom. The number of hydrogen-bond acceptors (Lipinski definition) is 3. The molecule has 0 saturated heterocycles. The monoisotopic (exact) mass is 269 g/mol. The lowest BCUT2D eigenvalue weighted by atomic mass is 9.98. The van der Waals surface area contributed by atoms with E-state index >= 15 is 0 Å². The largest absolute Gasteiger partial charge is 0.397 e. The number of ketones is 1. The second kappa shape index (κ2) is 5.03. The summed E-state index contributed by atoms with van der Waals surface area (Å²) in [5.41, 5.74) is 16.4. The van der Waals surface area contributed by atoms with Crippen molar-refractivity contribution in [2.45, 2.75) is 26.3 Å². The molecule has 0 aliphatic heterocycles. The molecular weight excluding hydrogens is 250 g/mol. The molecule has 0 amide bonds. The van der Waals surface area contributed by atoms with E-state index in [1.165, 1.54) is 6.92 Å². The SMILES string of the molecule is C#Cc1ccc(N)c2c1c(CC(N)C(C)=O)c(C)n2C. The third-order valence-electron chi connectivity index (χ3n) is 3.89. The maximum Gasteiger partial charge on any atom is 0.146 e. The van der Waals surface area contributed by atoms with Crippen LogP contribution in [-0.2, 0) is 18.3 Å². The molecule has 0 saturated carbocycles. The lowest BCUT2D eigenvalue weighted by molar-refractivity contribution is -0.118. The zero-order valence-electron chi connectivity index (χ0n) is 12.0. The van der Waals surface area contributed by atoms with Crippen LogP contribution in [0.15, 0.2) is 12.1 Å². The number of rotatable bonds is 3. The molecule has 2 aromatic rings. The Balaban J connectivity index is 2.77. The van der Waals surface area contributed by atoms with Crippen LogP contribution in [0.2, 0.25) is 0 Å². The number of terminal acetylenes is 1. The number of carbonyl (C=O) groups is 1. The lowest BCUT2D eigenvalue weighted by Crippen LogP contribution is -2.30. The van der Waals surface area contributed by atoms with Gasteiger partial charge in [0.2, 0.25) is 0 Å². The molecule has 0 aliphatic rings. The van der Waals surface area contributed by atoms with E-state index in [2.05, 4.69) is 5.92 Å². The minimum absolute atomic E-state index is 0.0347. The van der Waals surface area contributed by atoms with E-state index in [0.717, 1.165) is 27.7 Å². The van der Waals surface area contributed by atoms with Gasteiger partial charge in [-0.05, 0) is 38.0 Å². The molecule has 1 atom stereocenters. The first kappa shape index (κ1) is 14.2. The summed E-state index contributed by atoms with van der Waals surface area (Å²) in [5, 5.41) is 0.934. The summed E-state index contributed by atoms with van der Waals surface area (Å²) in [6, 6.07) is 3.12. The molecule has 1 unspecified atom stereocenters. The van der Waals surface area contributed by atoms with E-state index in [9.17, 15) is 4.79 Å². The van der Waals surface area contributed by atoms with Crippen LogP contribution >= 0.6 is 0 Å². The third kappa shape index (κ3) is 2.06. The quantitative estimate of drug-likeness (QED) is 0.655. The fourth-order valence-electron chi connectivity index (χ4n) is 2.56. The molecule has 0 aliphatic carbocycles. The van der Waals surface area contributed by atoms with Crippen LogP contribution in [0.4, 0.5) is 5.69 Å². The maximum absolute atomic E-state index is 11.4. The molecule has 2 rings (SSSR count). The first-order chi connectivity index (χ1) is 9.38. The molecule has 1 aromatic heterocycles. The Kier molecular flexibility index (Phi) is 3.56. The maximum atomic E-state index is 11.4. The number of nitrogens with zero attached hydrogens (tertiary/aromatic N) is 1. The molecule has 4 heteroatoms. The van der Waals surface area contributed by atoms with Gasteiger partial charge in [-0.1, -0.05) is 5.92 Å². The molecule has 104 valence electrons. The van der Waals surface area contributed by atoms with E-state index < -0.39 is 6.04 Å². The van der Waals surface area contributed by atoms with Crippen molar-refractivity contribution in [3.63, 3.8) is 0 Å². The molecular formula is C16H19N3O. The van der Waals surface area contributed by atoms with Crippen LogP contribution in [0.5, 0.6) is 0 Å². The van der Waals surface area contributed by atoms with Crippen molar-refractivity contribution in [1.82, 2.24) is 4.57 Å². The van der Waals surface area contributed by atoms with Gasteiger partial charge >= 0.3 is 0 Å². The first-order valence-corrected chi connectivity index (χ1v) is 6.47. The first-order valence-electron chi connectivity index (χ1n) is 6.47. The summed E-state index contributed by atoms with van der Waals surface area (Å²) in [4.78, 5) is 11.4. The number of Topliss-reactive ketones (excluding diaryl/α,β-unsaturated/α-hetero) is 1. The number of anilines is 1. The van der Waals surface area contributed by atoms with Crippen molar-refractivity contribution in [2.24, 2.45) is 12.8 Å². The van der Waals surface area contributed by atoms with Crippen molar-refractivity contribution >= 4 is 22.4 Å². The van der Waals surface area contributed by atoms with Gasteiger partial charge in [0.25, 0.3) is 0 Å². The van der Waals surface area contributed by atoms with Crippen LogP contribution in [0.3, 0.4) is 0 Å². The molecule has 0 spiro atoms. The van der Waals surface area contributed by atoms with Gasteiger partial charge < -0.3 is 16.0 Å². The molecule has 20 heavy (non-hydrogen) atoms. The minimum Gasteiger partial charge on any atom is -0.397 e. The molecule has 1 heterocycles. The molecule has 0 fully saturated rings. The highest BCUT2D eigenvalue weighted by molar-refractivity contribution is 5.98. The van der Waals surface area contributed by atoms with E-state index in [-0.39, 0.29) is 5.78 Å². The molecule has 4 N–H and O–H groups in total. The molecule has 0 radical (unpaired) electrons. The summed E-state index contributed by atoms with van der Waals surface area (Å²) < 4.78 is 2.01. The fourth-order valence-corrected chi connectivity index (χ4v) is 2.56.